The lowest BCUT2D eigenvalue weighted by atomic mass is 9.89. The molecule has 0 unspecified atom stereocenters. The van der Waals surface area contributed by atoms with Crippen molar-refractivity contribution >= 4 is 5.69 Å². The van der Waals surface area contributed by atoms with Crippen molar-refractivity contribution in [2.75, 3.05) is 32.7 Å². The van der Waals surface area contributed by atoms with Crippen LogP contribution in [0.25, 0.3) is 11.4 Å². The number of hydrogen-bond donors (Lipinski definition) is 0. The number of aromatic nitrogens is 2. The summed E-state index contributed by atoms with van der Waals surface area (Å²) in [5.41, 5.74) is 0.628. The van der Waals surface area contributed by atoms with Crippen LogP contribution in [0.5, 0.6) is 0 Å². The highest BCUT2D eigenvalue weighted by Crippen LogP contribution is 2.25. The van der Waals surface area contributed by atoms with Crippen LogP contribution in [0.15, 0.2) is 28.8 Å². The summed E-state index contributed by atoms with van der Waals surface area (Å²) in [6.45, 7) is 6.14. The van der Waals surface area contributed by atoms with Crippen molar-refractivity contribution in [3.8, 4) is 11.4 Å². The molecule has 8 heteroatoms. The van der Waals surface area contributed by atoms with Crippen molar-refractivity contribution in [2.45, 2.75) is 45.1 Å². The second kappa shape index (κ2) is 9.45. The average Bonchev–Trinajstić information content (AvgIpc) is 3.10. The van der Waals surface area contributed by atoms with E-state index in [0.29, 0.717) is 23.8 Å². The zero-order valence-corrected chi connectivity index (χ0v) is 16.8. The molecule has 0 bridgehead atoms. The molecule has 0 spiro atoms. The van der Waals surface area contributed by atoms with Crippen LogP contribution in [0.1, 0.15) is 44.4 Å². The van der Waals surface area contributed by atoms with E-state index in [-0.39, 0.29) is 5.69 Å². The van der Waals surface area contributed by atoms with Gasteiger partial charge in [0.15, 0.2) is 0 Å². The first-order valence-corrected chi connectivity index (χ1v) is 10.7. The molecule has 1 saturated heterocycles. The molecule has 1 aromatic carbocycles. The van der Waals surface area contributed by atoms with Gasteiger partial charge in [-0.25, -0.2) is 0 Å². The molecule has 1 aromatic heterocycles. The lowest BCUT2D eigenvalue weighted by Gasteiger charge is -2.28. The van der Waals surface area contributed by atoms with E-state index in [1.807, 2.05) is 0 Å². The van der Waals surface area contributed by atoms with Crippen LogP contribution < -0.4 is 0 Å². The lowest BCUT2D eigenvalue weighted by Crippen LogP contribution is -2.34. The van der Waals surface area contributed by atoms with Crippen LogP contribution in [0.3, 0.4) is 0 Å². The highest BCUT2D eigenvalue weighted by atomic mass is 16.6. The second-order valence-electron chi connectivity index (χ2n) is 8.25. The van der Waals surface area contributed by atoms with Gasteiger partial charge in [0.2, 0.25) is 11.7 Å². The lowest BCUT2D eigenvalue weighted by molar-refractivity contribution is -0.384. The Hall–Kier alpha value is -2.32. The first-order chi connectivity index (χ1) is 14.2. The van der Waals surface area contributed by atoms with Gasteiger partial charge in [-0.15, -0.1) is 0 Å². The van der Waals surface area contributed by atoms with Crippen molar-refractivity contribution in [2.24, 2.45) is 5.92 Å². The summed E-state index contributed by atoms with van der Waals surface area (Å²) in [4.78, 5) is 20.0. The van der Waals surface area contributed by atoms with E-state index >= 15 is 0 Å². The predicted molar refractivity (Wildman–Crippen MR) is 109 cm³/mol. The van der Waals surface area contributed by atoms with E-state index in [9.17, 15) is 10.1 Å². The fraction of sp³-hybridized carbons (Fsp3) is 0.619. The molecule has 1 aliphatic heterocycles. The molecule has 1 aliphatic carbocycles. The number of hydrogen-bond acceptors (Lipinski definition) is 7. The van der Waals surface area contributed by atoms with Gasteiger partial charge in [-0.05, 0) is 38.3 Å². The van der Waals surface area contributed by atoms with Crippen LogP contribution in [0, 0.1) is 16.0 Å². The largest absolute Gasteiger partial charge is 0.338 e. The van der Waals surface area contributed by atoms with Crippen LogP contribution in [0.4, 0.5) is 5.69 Å². The molecule has 2 fully saturated rings. The molecule has 2 aliphatic rings. The normalized spacial score (nSPS) is 19.9. The van der Waals surface area contributed by atoms with E-state index in [0.717, 1.165) is 38.5 Å². The molecule has 2 heterocycles. The first-order valence-electron chi connectivity index (χ1n) is 10.7. The Labute approximate surface area is 171 Å². The second-order valence-corrected chi connectivity index (χ2v) is 8.25. The van der Waals surface area contributed by atoms with Crippen LogP contribution in [0.2, 0.25) is 0 Å². The number of benzene rings is 1. The summed E-state index contributed by atoms with van der Waals surface area (Å²) in [6, 6.07) is 6.33. The Morgan fingerprint density at radius 3 is 2.69 bits per heavy atom. The average molecular weight is 399 g/mol. The van der Waals surface area contributed by atoms with Crippen molar-refractivity contribution in [3.63, 3.8) is 0 Å². The molecule has 0 amide bonds. The summed E-state index contributed by atoms with van der Waals surface area (Å²) in [5.74, 6) is 1.84. The molecule has 0 N–H and O–H groups in total. The minimum absolute atomic E-state index is 0.0272. The van der Waals surface area contributed by atoms with Gasteiger partial charge in [0.1, 0.15) is 0 Å². The molecule has 0 atom stereocenters. The fourth-order valence-electron chi connectivity index (χ4n) is 4.49. The molecule has 156 valence electrons. The van der Waals surface area contributed by atoms with Crippen molar-refractivity contribution in [1.82, 2.24) is 19.9 Å². The van der Waals surface area contributed by atoms with E-state index < -0.39 is 4.92 Å². The zero-order valence-electron chi connectivity index (χ0n) is 16.8. The van der Waals surface area contributed by atoms with Crippen LogP contribution in [-0.4, -0.2) is 57.6 Å². The van der Waals surface area contributed by atoms with Gasteiger partial charge in [-0.3, -0.25) is 15.0 Å². The number of nitrogens with zero attached hydrogens (tertiary/aromatic N) is 5. The molecule has 4 rings (SSSR count). The number of nitro benzene ring substituents is 1. The third kappa shape index (κ3) is 5.39. The molecule has 1 saturated carbocycles. The fourth-order valence-corrected chi connectivity index (χ4v) is 4.49. The highest BCUT2D eigenvalue weighted by molar-refractivity contribution is 5.58. The molecule has 29 heavy (non-hydrogen) atoms. The van der Waals surface area contributed by atoms with E-state index in [1.165, 1.54) is 50.8 Å². The Morgan fingerprint density at radius 1 is 1.07 bits per heavy atom. The van der Waals surface area contributed by atoms with E-state index in [2.05, 4.69) is 19.9 Å². The van der Waals surface area contributed by atoms with Gasteiger partial charge < -0.3 is 9.42 Å². The van der Waals surface area contributed by atoms with Crippen molar-refractivity contribution in [1.29, 1.82) is 0 Å². The Balaban J connectivity index is 1.32. The summed E-state index contributed by atoms with van der Waals surface area (Å²) in [6.07, 6.45) is 8.14. The maximum Gasteiger partial charge on any atom is 0.270 e. The minimum Gasteiger partial charge on any atom is -0.338 e. The molecule has 8 nitrogen and oxygen atoms in total. The van der Waals surface area contributed by atoms with Gasteiger partial charge in [0, 0.05) is 37.3 Å². The molecular weight excluding hydrogens is 370 g/mol. The van der Waals surface area contributed by atoms with Crippen molar-refractivity contribution < 1.29 is 9.45 Å². The van der Waals surface area contributed by atoms with E-state index in [1.54, 1.807) is 12.1 Å². The molecular formula is C21H29N5O3. The SMILES string of the molecule is O=[N+]([O-])c1cccc(-c2noc(CN3CCCN(CC4CCCCC4)CC3)n2)c1. The maximum atomic E-state index is 11.0. The number of nitro groups is 1. The molecule has 0 radical (unpaired) electrons. The molecule has 2 aromatic rings. The van der Waals surface area contributed by atoms with Gasteiger partial charge in [0.05, 0.1) is 11.5 Å². The van der Waals surface area contributed by atoms with Crippen LogP contribution >= 0.6 is 0 Å². The number of non-ortho nitro benzene ring substituents is 1. The van der Waals surface area contributed by atoms with Gasteiger partial charge in [0.25, 0.3) is 5.69 Å². The Bertz CT molecular complexity index is 818. The quantitative estimate of drug-likeness (QED) is 0.540. The number of rotatable bonds is 6. The van der Waals surface area contributed by atoms with E-state index in [4.69, 9.17) is 4.52 Å². The third-order valence-corrected chi connectivity index (χ3v) is 6.06. The predicted octanol–water partition coefficient (Wildman–Crippen LogP) is 3.73. The monoisotopic (exact) mass is 399 g/mol. The van der Waals surface area contributed by atoms with Gasteiger partial charge in [-0.1, -0.05) is 36.6 Å². The van der Waals surface area contributed by atoms with Crippen molar-refractivity contribution in [3.05, 3.63) is 40.3 Å². The summed E-state index contributed by atoms with van der Waals surface area (Å²) >= 11 is 0. The van der Waals surface area contributed by atoms with Gasteiger partial charge >= 0.3 is 0 Å². The summed E-state index contributed by atoms with van der Waals surface area (Å²) < 4.78 is 5.43. The standard InChI is InChI=1S/C21H29N5O3/c27-26(28)19-9-4-8-18(14-19)21-22-20(29-23-21)16-25-11-5-10-24(12-13-25)15-17-6-2-1-3-7-17/h4,8-9,14,17H,1-3,5-7,10-13,15-16H2. The highest BCUT2D eigenvalue weighted by Gasteiger charge is 2.21. The Morgan fingerprint density at radius 2 is 1.86 bits per heavy atom. The minimum atomic E-state index is -0.416. The summed E-state index contributed by atoms with van der Waals surface area (Å²) in [7, 11) is 0. The third-order valence-electron chi connectivity index (χ3n) is 6.06. The topological polar surface area (TPSA) is 88.5 Å². The van der Waals surface area contributed by atoms with Gasteiger partial charge in [-0.2, -0.15) is 4.98 Å². The summed E-state index contributed by atoms with van der Waals surface area (Å²) in [5, 5.41) is 15.0. The first kappa shape index (κ1) is 20.0. The maximum absolute atomic E-state index is 11.0. The Kier molecular flexibility index (Phi) is 6.51. The smallest absolute Gasteiger partial charge is 0.270 e. The van der Waals surface area contributed by atoms with Crippen LogP contribution in [-0.2, 0) is 6.54 Å². The zero-order chi connectivity index (χ0) is 20.1.